The molecule has 21 heavy (non-hydrogen) atoms. The van der Waals surface area contributed by atoms with Crippen molar-refractivity contribution in [2.75, 3.05) is 7.11 Å². The van der Waals surface area contributed by atoms with Gasteiger partial charge >= 0.3 is 5.97 Å². The minimum atomic E-state index is -3.99. The van der Waals surface area contributed by atoms with Gasteiger partial charge < -0.3 is 4.74 Å². The highest BCUT2D eigenvalue weighted by atomic mass is 32.2. The molecular weight excluding hydrogens is 297 g/mol. The van der Waals surface area contributed by atoms with Gasteiger partial charge in [-0.15, -0.1) is 0 Å². The fourth-order valence-electron chi connectivity index (χ4n) is 1.97. The maximum absolute atomic E-state index is 13.4. The van der Waals surface area contributed by atoms with E-state index in [9.17, 15) is 17.6 Å². The van der Waals surface area contributed by atoms with E-state index >= 15 is 0 Å². The van der Waals surface area contributed by atoms with Gasteiger partial charge in [0.15, 0.2) is 0 Å². The van der Waals surface area contributed by atoms with Crippen LogP contribution in [0, 0.1) is 5.82 Å². The third-order valence-electron chi connectivity index (χ3n) is 3.09. The van der Waals surface area contributed by atoms with Gasteiger partial charge in [-0.1, -0.05) is 20.3 Å². The van der Waals surface area contributed by atoms with Gasteiger partial charge in [0.05, 0.1) is 17.6 Å². The Hall–Kier alpha value is -1.47. The second-order valence-corrected chi connectivity index (χ2v) is 6.33. The maximum Gasteiger partial charge on any atom is 0.339 e. The Morgan fingerprint density at radius 2 is 2.05 bits per heavy atom. The molecule has 1 unspecified atom stereocenters. The molecule has 118 valence electrons. The fraction of sp³-hybridized carbons (Fsp3) is 0.500. The molecule has 0 aliphatic heterocycles. The van der Waals surface area contributed by atoms with Crippen LogP contribution in [0.15, 0.2) is 23.1 Å². The highest BCUT2D eigenvalue weighted by Gasteiger charge is 2.25. The Labute approximate surface area is 124 Å². The molecule has 1 N–H and O–H groups in total. The number of carbonyl (C=O) groups excluding carboxylic acids is 1. The van der Waals surface area contributed by atoms with Crippen LogP contribution < -0.4 is 4.72 Å². The minimum Gasteiger partial charge on any atom is -0.465 e. The summed E-state index contributed by atoms with van der Waals surface area (Å²) in [7, 11) is -2.85. The fourth-order valence-corrected chi connectivity index (χ4v) is 3.53. The van der Waals surface area contributed by atoms with Gasteiger partial charge in [-0.3, -0.25) is 0 Å². The number of benzene rings is 1. The van der Waals surface area contributed by atoms with Crippen molar-refractivity contribution in [1.29, 1.82) is 0 Å². The summed E-state index contributed by atoms with van der Waals surface area (Å²) in [6.07, 6.45) is 2.09. The average molecular weight is 317 g/mol. The van der Waals surface area contributed by atoms with Crippen LogP contribution >= 0.6 is 0 Å². The smallest absolute Gasteiger partial charge is 0.339 e. The lowest BCUT2D eigenvalue weighted by atomic mass is 10.1. The van der Waals surface area contributed by atoms with Crippen LogP contribution in [-0.2, 0) is 14.8 Å². The van der Waals surface area contributed by atoms with Gasteiger partial charge in [-0.25, -0.2) is 22.3 Å². The van der Waals surface area contributed by atoms with Gasteiger partial charge in [0.2, 0.25) is 10.0 Å². The predicted molar refractivity (Wildman–Crippen MR) is 77.0 cm³/mol. The normalized spacial score (nSPS) is 13.0. The molecule has 0 heterocycles. The van der Waals surface area contributed by atoms with Gasteiger partial charge in [-0.05, 0) is 31.0 Å². The summed E-state index contributed by atoms with van der Waals surface area (Å²) < 4.78 is 45.2. The van der Waals surface area contributed by atoms with Crippen LogP contribution in [0.2, 0.25) is 0 Å². The van der Waals surface area contributed by atoms with E-state index in [1.165, 1.54) is 0 Å². The first-order valence-corrected chi connectivity index (χ1v) is 8.24. The molecule has 0 aromatic heterocycles. The van der Waals surface area contributed by atoms with E-state index in [1.54, 1.807) is 0 Å². The first-order chi connectivity index (χ1) is 9.85. The molecule has 0 aliphatic carbocycles. The predicted octanol–water partition coefficient (Wildman–Crippen LogP) is 2.47. The highest BCUT2D eigenvalue weighted by molar-refractivity contribution is 7.89. The van der Waals surface area contributed by atoms with Crippen molar-refractivity contribution in [2.45, 2.75) is 44.0 Å². The number of esters is 1. The number of carbonyl (C=O) groups is 1. The summed E-state index contributed by atoms with van der Waals surface area (Å²) in [5, 5.41) is 0. The molecule has 1 atom stereocenters. The lowest BCUT2D eigenvalue weighted by molar-refractivity contribution is 0.0596. The number of nitrogens with one attached hydrogen (secondary N) is 1. The van der Waals surface area contributed by atoms with E-state index in [4.69, 9.17) is 0 Å². The lowest BCUT2D eigenvalue weighted by Crippen LogP contribution is -2.35. The summed E-state index contributed by atoms with van der Waals surface area (Å²) in [4.78, 5) is 11.2. The second kappa shape index (κ2) is 7.51. The Morgan fingerprint density at radius 1 is 1.38 bits per heavy atom. The molecule has 0 fully saturated rings. The summed E-state index contributed by atoms with van der Waals surface area (Å²) in [5.74, 6) is -1.55. The van der Waals surface area contributed by atoms with E-state index in [-0.39, 0.29) is 11.6 Å². The van der Waals surface area contributed by atoms with Gasteiger partial charge in [0, 0.05) is 6.04 Å². The molecule has 5 nitrogen and oxygen atoms in total. The molecule has 0 saturated carbocycles. The number of halogens is 1. The Bertz CT molecular complexity index is 601. The van der Waals surface area contributed by atoms with Crippen molar-refractivity contribution < 1.29 is 22.3 Å². The largest absolute Gasteiger partial charge is 0.465 e. The number of rotatable bonds is 7. The van der Waals surface area contributed by atoms with E-state index < -0.39 is 26.7 Å². The van der Waals surface area contributed by atoms with Crippen molar-refractivity contribution in [3.05, 3.63) is 29.6 Å². The Balaban J connectivity index is 3.23. The molecule has 0 spiro atoms. The zero-order valence-corrected chi connectivity index (χ0v) is 13.2. The standard InChI is InChI=1S/C14H20FNO4S/c1-4-6-11(5-2)16-21(18,19)13-9-10(15)7-8-12(13)14(17)20-3/h7-9,11,16H,4-6H2,1-3H3. The van der Waals surface area contributed by atoms with Crippen molar-refractivity contribution in [1.82, 2.24) is 4.72 Å². The quantitative estimate of drug-likeness (QED) is 0.784. The third-order valence-corrected chi connectivity index (χ3v) is 4.65. The molecule has 1 rings (SSSR count). The lowest BCUT2D eigenvalue weighted by Gasteiger charge is -2.17. The zero-order valence-electron chi connectivity index (χ0n) is 12.3. The van der Waals surface area contributed by atoms with Crippen molar-refractivity contribution in [3.8, 4) is 0 Å². The maximum atomic E-state index is 13.4. The Kier molecular flexibility index (Phi) is 6.29. The van der Waals surface area contributed by atoms with Crippen LogP contribution in [0.5, 0.6) is 0 Å². The van der Waals surface area contributed by atoms with Crippen LogP contribution in [0.1, 0.15) is 43.5 Å². The molecule has 0 amide bonds. The van der Waals surface area contributed by atoms with E-state index in [2.05, 4.69) is 9.46 Å². The molecular formula is C14H20FNO4S. The number of ether oxygens (including phenoxy) is 1. The number of hydrogen-bond acceptors (Lipinski definition) is 4. The van der Waals surface area contributed by atoms with E-state index in [1.807, 2.05) is 13.8 Å². The molecule has 1 aromatic carbocycles. The number of sulfonamides is 1. The summed E-state index contributed by atoms with van der Waals surface area (Å²) in [6, 6.07) is 2.70. The van der Waals surface area contributed by atoms with Crippen molar-refractivity contribution in [3.63, 3.8) is 0 Å². The molecule has 1 aromatic rings. The first kappa shape index (κ1) is 17.6. The summed E-state index contributed by atoms with van der Waals surface area (Å²) in [6.45, 7) is 3.80. The zero-order chi connectivity index (χ0) is 16.0. The minimum absolute atomic E-state index is 0.183. The molecule has 0 saturated heterocycles. The molecule has 0 aliphatic rings. The Morgan fingerprint density at radius 3 is 2.57 bits per heavy atom. The summed E-state index contributed by atoms with van der Waals surface area (Å²) >= 11 is 0. The molecule has 7 heteroatoms. The SMILES string of the molecule is CCCC(CC)NS(=O)(=O)c1cc(F)ccc1C(=O)OC. The van der Waals surface area contributed by atoms with Gasteiger partial charge in [0.25, 0.3) is 0 Å². The van der Waals surface area contributed by atoms with E-state index in [0.29, 0.717) is 12.8 Å². The topological polar surface area (TPSA) is 72.5 Å². The van der Waals surface area contributed by atoms with Crippen LogP contribution in [0.25, 0.3) is 0 Å². The van der Waals surface area contributed by atoms with Gasteiger partial charge in [-0.2, -0.15) is 0 Å². The second-order valence-electron chi connectivity index (χ2n) is 4.65. The molecule has 0 bridgehead atoms. The van der Waals surface area contributed by atoms with Crippen molar-refractivity contribution >= 4 is 16.0 Å². The van der Waals surface area contributed by atoms with Crippen LogP contribution in [-0.4, -0.2) is 27.5 Å². The summed E-state index contributed by atoms with van der Waals surface area (Å²) in [5.41, 5.74) is -0.183. The highest BCUT2D eigenvalue weighted by Crippen LogP contribution is 2.19. The number of methoxy groups -OCH3 is 1. The third kappa shape index (κ3) is 4.50. The van der Waals surface area contributed by atoms with Crippen LogP contribution in [0.4, 0.5) is 4.39 Å². The average Bonchev–Trinajstić information content (AvgIpc) is 2.45. The number of hydrogen-bond donors (Lipinski definition) is 1. The van der Waals surface area contributed by atoms with Gasteiger partial charge in [0.1, 0.15) is 5.82 Å². The van der Waals surface area contributed by atoms with Crippen LogP contribution in [0.3, 0.4) is 0 Å². The monoisotopic (exact) mass is 317 g/mol. The first-order valence-electron chi connectivity index (χ1n) is 6.75. The van der Waals surface area contributed by atoms with Crippen molar-refractivity contribution in [2.24, 2.45) is 0 Å². The molecule has 0 radical (unpaired) electrons. The van der Waals surface area contributed by atoms with E-state index in [0.717, 1.165) is 31.7 Å².